The lowest BCUT2D eigenvalue weighted by Gasteiger charge is -2.10. The van der Waals surface area contributed by atoms with Gasteiger partial charge in [0, 0.05) is 17.1 Å². The van der Waals surface area contributed by atoms with Gasteiger partial charge in [0.25, 0.3) is 0 Å². The highest BCUT2D eigenvalue weighted by Crippen LogP contribution is 2.25. The number of aliphatic hydroxyl groups excluding tert-OH is 1. The van der Waals surface area contributed by atoms with Gasteiger partial charge in [-0.05, 0) is 29.7 Å². The van der Waals surface area contributed by atoms with E-state index in [2.05, 4.69) is 32.4 Å². The molecule has 2 aromatic carbocycles. The van der Waals surface area contributed by atoms with Gasteiger partial charge in [-0.3, -0.25) is 0 Å². The van der Waals surface area contributed by atoms with E-state index >= 15 is 0 Å². The molecule has 6 nitrogen and oxygen atoms in total. The molecule has 3 aromatic rings. The second-order valence-corrected chi connectivity index (χ2v) is 5.90. The molecule has 0 spiro atoms. The molecule has 0 atom stereocenters. The highest BCUT2D eigenvalue weighted by Gasteiger charge is 2.11. The van der Waals surface area contributed by atoms with Gasteiger partial charge in [0.2, 0.25) is 11.9 Å². The van der Waals surface area contributed by atoms with Crippen LogP contribution in [0.15, 0.2) is 48.5 Å². The van der Waals surface area contributed by atoms with E-state index in [9.17, 15) is 5.11 Å². The molecule has 0 aliphatic rings. The first kappa shape index (κ1) is 17.1. The molecule has 7 heteroatoms. The number of anilines is 2. The number of hydrogen-bond donors (Lipinski definition) is 3. The summed E-state index contributed by atoms with van der Waals surface area (Å²) >= 11 is 6.06. The Balaban J connectivity index is 1.80. The Bertz CT molecular complexity index is 857. The number of aliphatic hydroxyl groups is 1. The zero-order valence-corrected chi connectivity index (χ0v) is 14.2. The lowest BCUT2D eigenvalue weighted by Crippen LogP contribution is -2.11. The monoisotopic (exact) mass is 355 g/mol. The second-order valence-electron chi connectivity index (χ2n) is 5.46. The number of nitrogens with two attached hydrogens (primary N) is 1. The van der Waals surface area contributed by atoms with E-state index in [0.29, 0.717) is 34.5 Å². The molecule has 0 unspecified atom stereocenters. The van der Waals surface area contributed by atoms with Crippen LogP contribution >= 0.6 is 11.6 Å². The maximum absolute atomic E-state index is 9.52. The molecule has 4 N–H and O–H groups in total. The summed E-state index contributed by atoms with van der Waals surface area (Å²) in [4.78, 5) is 12.7. The van der Waals surface area contributed by atoms with Crippen LogP contribution in [0.2, 0.25) is 5.02 Å². The Morgan fingerprint density at radius 2 is 1.84 bits per heavy atom. The first-order valence-corrected chi connectivity index (χ1v) is 8.22. The minimum atomic E-state index is -0.144. The van der Waals surface area contributed by atoms with Crippen LogP contribution in [0.5, 0.6) is 0 Å². The lowest BCUT2D eigenvalue weighted by molar-refractivity contribution is 0.282. The third-order valence-electron chi connectivity index (χ3n) is 3.68. The summed E-state index contributed by atoms with van der Waals surface area (Å²) in [6.45, 7) is 0.518. The Morgan fingerprint density at radius 1 is 1.04 bits per heavy atom. The van der Waals surface area contributed by atoms with Crippen molar-refractivity contribution >= 4 is 23.5 Å². The summed E-state index contributed by atoms with van der Waals surface area (Å²) in [7, 11) is 0. The van der Waals surface area contributed by atoms with Crippen molar-refractivity contribution in [2.45, 2.75) is 13.0 Å². The van der Waals surface area contributed by atoms with Crippen molar-refractivity contribution in [3.05, 3.63) is 64.7 Å². The summed E-state index contributed by atoms with van der Waals surface area (Å²) < 4.78 is 0. The predicted molar refractivity (Wildman–Crippen MR) is 99.2 cm³/mol. The van der Waals surface area contributed by atoms with Gasteiger partial charge in [-0.15, -0.1) is 0 Å². The van der Waals surface area contributed by atoms with Gasteiger partial charge >= 0.3 is 0 Å². The van der Waals surface area contributed by atoms with Crippen LogP contribution in [0.3, 0.4) is 0 Å². The van der Waals surface area contributed by atoms with Crippen molar-refractivity contribution in [1.82, 2.24) is 15.0 Å². The zero-order chi connectivity index (χ0) is 17.6. The van der Waals surface area contributed by atoms with Crippen molar-refractivity contribution in [3.63, 3.8) is 0 Å². The van der Waals surface area contributed by atoms with E-state index in [1.54, 1.807) is 18.2 Å². The molecule has 1 aromatic heterocycles. The average Bonchev–Trinajstić information content (AvgIpc) is 2.62. The molecular weight excluding hydrogens is 338 g/mol. The molecule has 0 saturated heterocycles. The fraction of sp³-hybridized carbons (Fsp3) is 0.167. The number of hydrogen-bond acceptors (Lipinski definition) is 6. The van der Waals surface area contributed by atoms with Gasteiger partial charge < -0.3 is 16.2 Å². The molecule has 0 fully saturated rings. The first-order valence-electron chi connectivity index (χ1n) is 7.84. The zero-order valence-electron chi connectivity index (χ0n) is 13.5. The standard InChI is InChI=1S/C18H18ClN5O/c19-14-7-6-13(11-25)15(10-14)16-22-17(20)24-18(23-16)21-9-8-12-4-2-1-3-5-12/h1-7,10,25H,8-9,11H2,(H3,20,21,22,23,24). The van der Waals surface area contributed by atoms with Crippen molar-refractivity contribution in [2.75, 3.05) is 17.6 Å². The largest absolute Gasteiger partial charge is 0.392 e. The van der Waals surface area contributed by atoms with Gasteiger partial charge in [0.15, 0.2) is 5.82 Å². The van der Waals surface area contributed by atoms with Crippen molar-refractivity contribution in [1.29, 1.82) is 0 Å². The number of aromatic nitrogens is 3. The van der Waals surface area contributed by atoms with Gasteiger partial charge in [-0.2, -0.15) is 15.0 Å². The fourth-order valence-electron chi connectivity index (χ4n) is 2.45. The number of nitrogen functional groups attached to an aromatic ring is 1. The van der Waals surface area contributed by atoms with E-state index in [1.165, 1.54) is 5.56 Å². The van der Waals surface area contributed by atoms with Gasteiger partial charge in [0.05, 0.1) is 6.61 Å². The van der Waals surface area contributed by atoms with Gasteiger partial charge in [-0.25, -0.2) is 0 Å². The van der Waals surface area contributed by atoms with Crippen LogP contribution in [-0.2, 0) is 13.0 Å². The van der Waals surface area contributed by atoms with Gasteiger partial charge in [0.1, 0.15) is 0 Å². The summed E-state index contributed by atoms with van der Waals surface area (Å²) in [6.07, 6.45) is 0.834. The smallest absolute Gasteiger partial charge is 0.228 e. The molecule has 0 aliphatic heterocycles. The molecule has 1 heterocycles. The van der Waals surface area contributed by atoms with E-state index in [4.69, 9.17) is 17.3 Å². The summed E-state index contributed by atoms with van der Waals surface area (Å²) in [5, 5.41) is 13.2. The molecule has 0 aliphatic carbocycles. The highest BCUT2D eigenvalue weighted by atomic mass is 35.5. The predicted octanol–water partition coefficient (Wildman–Crippen LogP) is 2.92. The topological polar surface area (TPSA) is 97.0 Å². The van der Waals surface area contributed by atoms with Crippen LogP contribution in [-0.4, -0.2) is 26.6 Å². The third kappa shape index (κ3) is 4.43. The van der Waals surface area contributed by atoms with Gasteiger partial charge in [-0.1, -0.05) is 48.0 Å². The SMILES string of the molecule is Nc1nc(NCCc2ccccc2)nc(-c2cc(Cl)ccc2CO)n1. The number of benzene rings is 2. The number of nitrogens with zero attached hydrogens (tertiary/aromatic N) is 3. The fourth-order valence-corrected chi connectivity index (χ4v) is 2.62. The minimum Gasteiger partial charge on any atom is -0.392 e. The normalized spacial score (nSPS) is 10.6. The lowest BCUT2D eigenvalue weighted by atomic mass is 10.1. The molecule has 25 heavy (non-hydrogen) atoms. The summed E-state index contributed by atoms with van der Waals surface area (Å²) in [5.41, 5.74) is 8.33. The quantitative estimate of drug-likeness (QED) is 0.629. The van der Waals surface area contributed by atoms with Crippen LogP contribution in [0.4, 0.5) is 11.9 Å². The van der Waals surface area contributed by atoms with Crippen molar-refractivity contribution in [3.8, 4) is 11.4 Å². The van der Waals surface area contributed by atoms with Crippen LogP contribution in [0.25, 0.3) is 11.4 Å². The number of rotatable bonds is 6. The summed E-state index contributed by atoms with van der Waals surface area (Å²) in [6, 6.07) is 15.3. The molecular formula is C18H18ClN5O. The first-order chi connectivity index (χ1) is 12.2. The molecule has 0 saturated carbocycles. The van der Waals surface area contributed by atoms with Crippen LogP contribution in [0, 0.1) is 0 Å². The maximum atomic E-state index is 9.52. The van der Waals surface area contributed by atoms with E-state index < -0.39 is 0 Å². The Kier molecular flexibility index (Phi) is 5.42. The Morgan fingerprint density at radius 3 is 2.60 bits per heavy atom. The highest BCUT2D eigenvalue weighted by molar-refractivity contribution is 6.30. The minimum absolute atomic E-state index is 0.107. The molecule has 0 bridgehead atoms. The van der Waals surface area contributed by atoms with Crippen LogP contribution < -0.4 is 11.1 Å². The second kappa shape index (κ2) is 7.92. The van der Waals surface area contributed by atoms with E-state index in [1.807, 2.05) is 18.2 Å². The molecule has 3 rings (SSSR count). The molecule has 0 radical (unpaired) electrons. The number of halogens is 1. The van der Waals surface area contributed by atoms with Crippen molar-refractivity contribution in [2.24, 2.45) is 0 Å². The van der Waals surface area contributed by atoms with E-state index in [0.717, 1.165) is 6.42 Å². The van der Waals surface area contributed by atoms with E-state index in [-0.39, 0.29) is 12.6 Å². The molecule has 128 valence electrons. The maximum Gasteiger partial charge on any atom is 0.228 e. The Hall–Kier alpha value is -2.70. The Labute approximate surface area is 150 Å². The summed E-state index contributed by atoms with van der Waals surface area (Å²) in [5.74, 6) is 0.875. The third-order valence-corrected chi connectivity index (χ3v) is 3.91. The van der Waals surface area contributed by atoms with Crippen LogP contribution in [0.1, 0.15) is 11.1 Å². The number of nitrogens with one attached hydrogen (secondary N) is 1. The molecule has 0 amide bonds. The van der Waals surface area contributed by atoms with Crippen molar-refractivity contribution < 1.29 is 5.11 Å². The average molecular weight is 356 g/mol.